The lowest BCUT2D eigenvalue weighted by Crippen LogP contribution is -2.52. The number of halogens is 3. The Morgan fingerprint density at radius 3 is 2.85 bits per heavy atom. The van der Waals surface area contributed by atoms with E-state index in [4.69, 9.17) is 4.74 Å². The number of amides is 1. The first kappa shape index (κ1) is 18.2. The summed E-state index contributed by atoms with van der Waals surface area (Å²) in [4.78, 5) is 21.7. The molecule has 2 aliphatic heterocycles. The molecule has 27 heavy (non-hydrogen) atoms. The standard InChI is InChI=1S/C18H18F3N3O2S/c19-18(20,21)13-1-2-16(22-9-13)23-6-7-26-14(11-23)17(25)24-5-3-15-12(10-24)4-8-27-15/h1-2,4,8-9,14H,3,5-7,10-11H2. The molecule has 1 atom stereocenters. The van der Waals surface area contributed by atoms with E-state index in [2.05, 4.69) is 4.98 Å². The van der Waals surface area contributed by atoms with E-state index in [1.807, 2.05) is 11.4 Å². The van der Waals surface area contributed by atoms with Crippen LogP contribution in [0.25, 0.3) is 0 Å². The first-order valence-electron chi connectivity index (χ1n) is 8.65. The number of anilines is 1. The zero-order chi connectivity index (χ0) is 19.0. The predicted molar refractivity (Wildman–Crippen MR) is 94.6 cm³/mol. The van der Waals surface area contributed by atoms with E-state index in [0.717, 1.165) is 18.7 Å². The van der Waals surface area contributed by atoms with Crippen molar-refractivity contribution in [3.8, 4) is 0 Å². The number of pyridine rings is 1. The van der Waals surface area contributed by atoms with Gasteiger partial charge in [-0.25, -0.2) is 4.98 Å². The molecule has 4 heterocycles. The molecular weight excluding hydrogens is 379 g/mol. The fourth-order valence-corrected chi connectivity index (χ4v) is 4.28. The molecule has 5 nitrogen and oxygen atoms in total. The summed E-state index contributed by atoms with van der Waals surface area (Å²) in [6.07, 6.45) is -3.38. The number of rotatable bonds is 2. The minimum Gasteiger partial charge on any atom is -0.365 e. The van der Waals surface area contributed by atoms with E-state index in [1.54, 1.807) is 21.1 Å². The highest BCUT2D eigenvalue weighted by Gasteiger charge is 2.34. The second-order valence-electron chi connectivity index (χ2n) is 6.59. The average molecular weight is 397 g/mol. The van der Waals surface area contributed by atoms with Gasteiger partial charge in [-0.15, -0.1) is 11.3 Å². The average Bonchev–Trinajstić information content (AvgIpc) is 3.15. The fourth-order valence-electron chi connectivity index (χ4n) is 3.39. The predicted octanol–water partition coefficient (Wildman–Crippen LogP) is 2.95. The van der Waals surface area contributed by atoms with Gasteiger partial charge < -0.3 is 14.5 Å². The third-order valence-corrected chi connectivity index (χ3v) is 5.88. The smallest absolute Gasteiger partial charge is 0.365 e. The van der Waals surface area contributed by atoms with Crippen LogP contribution in [-0.4, -0.2) is 48.1 Å². The fraction of sp³-hybridized carbons (Fsp3) is 0.444. The Hall–Kier alpha value is -2.13. The van der Waals surface area contributed by atoms with Gasteiger partial charge in [0.1, 0.15) is 5.82 Å². The molecule has 0 radical (unpaired) electrons. The molecule has 1 amide bonds. The minimum absolute atomic E-state index is 0.0801. The van der Waals surface area contributed by atoms with E-state index < -0.39 is 17.8 Å². The van der Waals surface area contributed by atoms with Gasteiger partial charge in [-0.1, -0.05) is 0 Å². The highest BCUT2D eigenvalue weighted by Crippen LogP contribution is 2.30. The van der Waals surface area contributed by atoms with Crippen LogP contribution in [0.4, 0.5) is 19.0 Å². The minimum atomic E-state index is -4.41. The van der Waals surface area contributed by atoms with Crippen LogP contribution in [-0.2, 0) is 28.7 Å². The highest BCUT2D eigenvalue weighted by atomic mass is 32.1. The Kier molecular flexibility index (Phi) is 4.81. The second-order valence-corrected chi connectivity index (χ2v) is 7.59. The number of alkyl halides is 3. The molecule has 0 saturated carbocycles. The molecule has 0 N–H and O–H groups in total. The van der Waals surface area contributed by atoms with Crippen molar-refractivity contribution in [1.82, 2.24) is 9.88 Å². The zero-order valence-corrected chi connectivity index (χ0v) is 15.2. The Balaban J connectivity index is 1.43. The number of carbonyl (C=O) groups excluding carboxylic acids is 1. The summed E-state index contributed by atoms with van der Waals surface area (Å²) in [5, 5.41) is 2.04. The number of nitrogens with zero attached hydrogens (tertiary/aromatic N) is 3. The van der Waals surface area contributed by atoms with Gasteiger partial charge in [-0.2, -0.15) is 13.2 Å². The lowest BCUT2D eigenvalue weighted by Gasteiger charge is -2.36. The van der Waals surface area contributed by atoms with Crippen LogP contribution in [0.2, 0.25) is 0 Å². The maximum absolute atomic E-state index is 12.9. The maximum Gasteiger partial charge on any atom is 0.417 e. The van der Waals surface area contributed by atoms with Crippen LogP contribution >= 0.6 is 11.3 Å². The van der Waals surface area contributed by atoms with E-state index in [-0.39, 0.29) is 12.5 Å². The Labute approximate surface area is 158 Å². The number of fused-ring (bicyclic) bond motifs is 1. The molecule has 0 aromatic carbocycles. The van der Waals surface area contributed by atoms with Crippen LogP contribution < -0.4 is 4.90 Å². The van der Waals surface area contributed by atoms with Gasteiger partial charge in [-0.05, 0) is 35.6 Å². The van der Waals surface area contributed by atoms with Crippen LogP contribution in [0.15, 0.2) is 29.8 Å². The van der Waals surface area contributed by atoms with Gasteiger partial charge in [0, 0.05) is 30.7 Å². The van der Waals surface area contributed by atoms with Crippen molar-refractivity contribution >= 4 is 23.1 Å². The van der Waals surface area contributed by atoms with E-state index in [1.165, 1.54) is 16.5 Å². The molecule has 1 fully saturated rings. The summed E-state index contributed by atoms with van der Waals surface area (Å²) in [5.41, 5.74) is 0.392. The molecule has 9 heteroatoms. The summed E-state index contributed by atoms with van der Waals surface area (Å²) in [5.74, 6) is 0.339. The molecule has 0 spiro atoms. The van der Waals surface area contributed by atoms with Crippen LogP contribution in [0, 0.1) is 0 Å². The second kappa shape index (κ2) is 7.12. The van der Waals surface area contributed by atoms with Gasteiger partial charge in [0.25, 0.3) is 5.91 Å². The van der Waals surface area contributed by atoms with Gasteiger partial charge in [0.05, 0.1) is 18.7 Å². The van der Waals surface area contributed by atoms with Crippen molar-refractivity contribution in [2.24, 2.45) is 0 Å². The summed E-state index contributed by atoms with van der Waals surface area (Å²) in [6.45, 7) is 2.33. The molecule has 2 aromatic rings. The third-order valence-electron chi connectivity index (χ3n) is 4.86. The van der Waals surface area contributed by atoms with Crippen molar-refractivity contribution in [2.45, 2.75) is 25.2 Å². The molecule has 1 unspecified atom stereocenters. The molecule has 4 rings (SSSR count). The van der Waals surface area contributed by atoms with Crippen molar-refractivity contribution < 1.29 is 22.7 Å². The lowest BCUT2D eigenvalue weighted by molar-refractivity contribution is -0.145. The van der Waals surface area contributed by atoms with Crippen molar-refractivity contribution in [3.63, 3.8) is 0 Å². The van der Waals surface area contributed by atoms with Gasteiger partial charge in [0.15, 0.2) is 6.10 Å². The molecule has 144 valence electrons. The number of morpholine rings is 1. The zero-order valence-electron chi connectivity index (χ0n) is 14.4. The molecule has 0 bridgehead atoms. The Bertz CT molecular complexity index is 822. The number of carbonyl (C=O) groups is 1. The number of hydrogen-bond acceptors (Lipinski definition) is 5. The number of thiophene rings is 1. The monoisotopic (exact) mass is 397 g/mol. The van der Waals surface area contributed by atoms with Crippen LogP contribution in [0.5, 0.6) is 0 Å². The van der Waals surface area contributed by atoms with E-state index in [9.17, 15) is 18.0 Å². The number of aromatic nitrogens is 1. The molecule has 2 aliphatic rings. The largest absolute Gasteiger partial charge is 0.417 e. The van der Waals surface area contributed by atoms with E-state index >= 15 is 0 Å². The number of ether oxygens (including phenoxy) is 1. The lowest BCUT2D eigenvalue weighted by atomic mass is 10.1. The summed E-state index contributed by atoms with van der Waals surface area (Å²) in [7, 11) is 0. The van der Waals surface area contributed by atoms with Crippen molar-refractivity contribution in [2.75, 3.05) is 31.1 Å². The maximum atomic E-state index is 12.9. The number of hydrogen-bond donors (Lipinski definition) is 0. The molecule has 0 aliphatic carbocycles. The third kappa shape index (κ3) is 3.79. The van der Waals surface area contributed by atoms with Gasteiger partial charge >= 0.3 is 6.18 Å². The Morgan fingerprint density at radius 1 is 1.26 bits per heavy atom. The quantitative estimate of drug-likeness (QED) is 0.782. The van der Waals surface area contributed by atoms with Gasteiger partial charge in [-0.3, -0.25) is 4.79 Å². The normalized spacial score (nSPS) is 20.5. The summed E-state index contributed by atoms with van der Waals surface area (Å²) in [6, 6.07) is 4.39. The first-order valence-corrected chi connectivity index (χ1v) is 9.53. The highest BCUT2D eigenvalue weighted by molar-refractivity contribution is 7.10. The topological polar surface area (TPSA) is 45.7 Å². The van der Waals surface area contributed by atoms with E-state index in [0.29, 0.717) is 32.1 Å². The summed E-state index contributed by atoms with van der Waals surface area (Å²) < 4.78 is 43.7. The van der Waals surface area contributed by atoms with Crippen LogP contribution in [0.3, 0.4) is 0 Å². The first-order chi connectivity index (χ1) is 12.9. The molecule has 2 aromatic heterocycles. The SMILES string of the molecule is O=C(C1CN(c2ccc(C(F)(F)F)cn2)CCO1)N1CCc2sccc2C1. The van der Waals surface area contributed by atoms with Crippen molar-refractivity contribution in [1.29, 1.82) is 0 Å². The summed E-state index contributed by atoms with van der Waals surface area (Å²) >= 11 is 1.71. The molecule has 1 saturated heterocycles. The van der Waals surface area contributed by atoms with Crippen molar-refractivity contribution in [3.05, 3.63) is 45.8 Å². The van der Waals surface area contributed by atoms with Gasteiger partial charge in [0.2, 0.25) is 0 Å². The van der Waals surface area contributed by atoms with Crippen LogP contribution in [0.1, 0.15) is 16.0 Å². The molecular formula is C18H18F3N3O2S. The Morgan fingerprint density at radius 2 is 2.11 bits per heavy atom.